The van der Waals surface area contributed by atoms with Crippen LogP contribution in [0.5, 0.6) is 0 Å². The molecular weight excluding hydrogens is 813 g/mol. The van der Waals surface area contributed by atoms with E-state index in [1.54, 1.807) is 0 Å². The maximum Gasteiger partial charge on any atom is 0.386 e. The van der Waals surface area contributed by atoms with Crippen LogP contribution in [-0.2, 0) is 44.4 Å². The van der Waals surface area contributed by atoms with Crippen molar-refractivity contribution >= 4 is 81.3 Å². The van der Waals surface area contributed by atoms with Gasteiger partial charge in [0.25, 0.3) is 0 Å². The van der Waals surface area contributed by atoms with Crippen molar-refractivity contribution in [2.45, 2.75) is 103 Å². The maximum atomic E-state index is 11.7. The van der Waals surface area contributed by atoms with E-state index in [0.717, 1.165) is 46.7 Å². The molecular formula is C38H68O10Si7. The topological polar surface area (TPSA) is 108 Å². The standard InChI is InChI=1S/C38H68O10Si7/c1-15-37(39)41-27-29-43-53(13,45-49(3,4)5)33-31-51(9,10)47-55(35-23-19-17-20-24-35,36-25-21-18-22-26-36)48-52(11,12)32-34-54(14,46-50(6,7)8)44-30-28-42-38(40)16-2/h15-26H,1-2,27-34H2,3-14H3. The highest BCUT2D eigenvalue weighted by atomic mass is 28.5. The molecule has 17 heteroatoms. The Morgan fingerprint density at radius 1 is 0.491 bits per heavy atom. The van der Waals surface area contributed by atoms with Gasteiger partial charge in [-0.3, -0.25) is 0 Å². The number of carbonyl (C=O) groups is 2. The average Bonchev–Trinajstić information content (AvgIpc) is 3.09. The zero-order valence-electron chi connectivity index (χ0n) is 35.6. The Morgan fingerprint density at radius 2 is 0.818 bits per heavy atom. The average molecular weight is 882 g/mol. The van der Waals surface area contributed by atoms with Gasteiger partial charge in [-0.1, -0.05) is 73.8 Å². The van der Waals surface area contributed by atoms with Crippen molar-refractivity contribution in [3.8, 4) is 0 Å². The molecule has 55 heavy (non-hydrogen) atoms. The lowest BCUT2D eigenvalue weighted by atomic mass is 10.4. The van der Waals surface area contributed by atoms with Crippen LogP contribution < -0.4 is 10.4 Å². The van der Waals surface area contributed by atoms with Crippen molar-refractivity contribution in [3.63, 3.8) is 0 Å². The van der Waals surface area contributed by atoms with Gasteiger partial charge in [0.2, 0.25) is 0 Å². The first-order valence-electron chi connectivity index (χ1n) is 19.1. The lowest BCUT2D eigenvalue weighted by Crippen LogP contribution is -2.70. The molecule has 2 atom stereocenters. The van der Waals surface area contributed by atoms with Crippen LogP contribution >= 0.6 is 0 Å². The first kappa shape index (κ1) is 49.3. The quantitative estimate of drug-likeness (QED) is 0.0399. The van der Waals surface area contributed by atoms with E-state index in [-0.39, 0.29) is 26.4 Å². The Labute approximate surface area is 339 Å². The predicted molar refractivity (Wildman–Crippen MR) is 241 cm³/mol. The summed E-state index contributed by atoms with van der Waals surface area (Å²) in [5.74, 6) is -0.937. The van der Waals surface area contributed by atoms with Crippen LogP contribution in [0.2, 0.25) is 103 Å². The molecule has 0 bridgehead atoms. The van der Waals surface area contributed by atoms with Gasteiger partial charge >= 0.3 is 37.6 Å². The molecule has 0 aliphatic carbocycles. The molecule has 2 aromatic rings. The van der Waals surface area contributed by atoms with Gasteiger partial charge in [0, 0.05) is 12.2 Å². The summed E-state index contributed by atoms with van der Waals surface area (Å²) >= 11 is 0. The Kier molecular flexibility index (Phi) is 19.0. The molecule has 0 heterocycles. The lowest BCUT2D eigenvalue weighted by Gasteiger charge is -2.44. The summed E-state index contributed by atoms with van der Waals surface area (Å²) in [5.41, 5.74) is 0. The SMILES string of the molecule is C=CC(=O)OCCO[Si](C)(CC[Si](C)(C)O[Si](O[Si](C)(C)CC[Si](C)(OCCOC(=O)C=C)O[Si](C)(C)C)(c1ccccc1)c1ccccc1)O[Si](C)(C)C. The molecule has 2 aromatic carbocycles. The van der Waals surface area contributed by atoms with Gasteiger partial charge in [0.1, 0.15) is 13.2 Å². The third-order valence-corrected chi connectivity index (χ3v) is 33.5. The minimum atomic E-state index is -3.33. The van der Waals surface area contributed by atoms with Crippen LogP contribution in [0.1, 0.15) is 0 Å². The van der Waals surface area contributed by atoms with E-state index < -0.39 is 70.9 Å². The molecule has 0 radical (unpaired) electrons. The second-order valence-electron chi connectivity index (χ2n) is 17.2. The van der Waals surface area contributed by atoms with Crippen LogP contribution in [0.15, 0.2) is 86.0 Å². The third-order valence-electron chi connectivity index (χ3n) is 8.36. The Hall–Kier alpha value is -1.86. The first-order chi connectivity index (χ1) is 25.4. The molecule has 0 aromatic heterocycles. The summed E-state index contributed by atoms with van der Waals surface area (Å²) in [5, 5.41) is 2.14. The van der Waals surface area contributed by atoms with Gasteiger partial charge in [0.05, 0.1) is 13.2 Å². The van der Waals surface area contributed by atoms with E-state index in [1.165, 1.54) is 0 Å². The number of rotatable bonds is 26. The number of hydrogen-bond acceptors (Lipinski definition) is 10. The van der Waals surface area contributed by atoms with Crippen molar-refractivity contribution in [3.05, 3.63) is 86.0 Å². The van der Waals surface area contributed by atoms with Gasteiger partial charge < -0.3 is 34.8 Å². The van der Waals surface area contributed by atoms with Gasteiger partial charge in [0.15, 0.2) is 33.3 Å². The van der Waals surface area contributed by atoms with E-state index >= 15 is 0 Å². The summed E-state index contributed by atoms with van der Waals surface area (Å²) in [4.78, 5) is 23.3. The highest BCUT2D eigenvalue weighted by Crippen LogP contribution is 2.32. The number of carbonyl (C=O) groups excluding carboxylic acids is 2. The fourth-order valence-corrected chi connectivity index (χ4v) is 38.7. The molecule has 10 nitrogen and oxygen atoms in total. The highest BCUT2D eigenvalue weighted by Gasteiger charge is 2.52. The maximum absolute atomic E-state index is 11.7. The summed E-state index contributed by atoms with van der Waals surface area (Å²) in [6, 6.07) is 24.0. The fourth-order valence-electron chi connectivity index (χ4n) is 6.19. The molecule has 0 amide bonds. The van der Waals surface area contributed by atoms with Gasteiger partial charge in [-0.25, -0.2) is 9.59 Å². The van der Waals surface area contributed by atoms with Crippen molar-refractivity contribution in [1.29, 1.82) is 0 Å². The van der Waals surface area contributed by atoms with Gasteiger partial charge in [-0.05, 0) is 113 Å². The molecule has 2 rings (SSSR count). The van der Waals surface area contributed by atoms with E-state index in [2.05, 4.69) is 140 Å². The van der Waals surface area contributed by atoms with Gasteiger partial charge in [-0.2, -0.15) is 0 Å². The molecule has 0 aliphatic rings. The molecule has 308 valence electrons. The minimum Gasteiger partial charge on any atom is -0.460 e. The summed E-state index contributed by atoms with van der Waals surface area (Å²) in [7, 11) is -17.7. The molecule has 0 N–H and O–H groups in total. The lowest BCUT2D eigenvalue weighted by molar-refractivity contribution is -0.139. The number of ether oxygens (including phenoxy) is 2. The minimum absolute atomic E-state index is 0.143. The van der Waals surface area contributed by atoms with E-state index in [0.29, 0.717) is 0 Å². The normalized spacial score (nSPS) is 15.1. The predicted octanol–water partition coefficient (Wildman–Crippen LogP) is 8.03. The molecule has 0 fully saturated rings. The Bertz CT molecular complexity index is 1400. The van der Waals surface area contributed by atoms with Crippen LogP contribution in [0.4, 0.5) is 0 Å². The molecule has 2 unspecified atom stereocenters. The van der Waals surface area contributed by atoms with Crippen LogP contribution in [0.3, 0.4) is 0 Å². The first-order valence-corrected chi connectivity index (χ1v) is 39.1. The summed E-state index contributed by atoms with van der Waals surface area (Å²) in [6.07, 6.45) is 2.31. The second kappa shape index (κ2) is 21.2. The van der Waals surface area contributed by atoms with Crippen LogP contribution in [0.25, 0.3) is 0 Å². The smallest absolute Gasteiger partial charge is 0.386 e. The van der Waals surface area contributed by atoms with Crippen LogP contribution in [-0.4, -0.2) is 97.3 Å². The van der Waals surface area contributed by atoms with E-state index in [1.807, 2.05) is 12.1 Å². The van der Waals surface area contributed by atoms with Crippen molar-refractivity contribution in [2.75, 3.05) is 26.4 Å². The molecule has 0 saturated heterocycles. The zero-order valence-corrected chi connectivity index (χ0v) is 42.6. The summed E-state index contributed by atoms with van der Waals surface area (Å²) < 4.78 is 52.3. The largest absolute Gasteiger partial charge is 0.460 e. The second-order valence-corrected chi connectivity index (χ2v) is 45.5. The third kappa shape index (κ3) is 18.5. The fraction of sp³-hybridized carbons (Fsp3) is 0.526. The van der Waals surface area contributed by atoms with Crippen molar-refractivity contribution < 1.29 is 44.4 Å². The van der Waals surface area contributed by atoms with Crippen molar-refractivity contribution in [1.82, 2.24) is 0 Å². The Morgan fingerprint density at radius 3 is 1.11 bits per heavy atom. The molecule has 0 aliphatic heterocycles. The van der Waals surface area contributed by atoms with Crippen molar-refractivity contribution in [2.24, 2.45) is 0 Å². The molecule has 0 saturated carbocycles. The van der Waals surface area contributed by atoms with E-state index in [4.69, 9.17) is 34.8 Å². The van der Waals surface area contributed by atoms with E-state index in [9.17, 15) is 9.59 Å². The highest BCUT2D eigenvalue weighted by molar-refractivity contribution is 7.02. The Balaban J connectivity index is 2.49. The summed E-state index contributed by atoms with van der Waals surface area (Å²) in [6.45, 7) is 34.1. The zero-order chi connectivity index (χ0) is 41.6. The number of hydrogen-bond donors (Lipinski definition) is 0. The number of esters is 2. The monoisotopic (exact) mass is 880 g/mol. The molecule has 0 spiro atoms. The van der Waals surface area contributed by atoms with Gasteiger partial charge in [-0.15, -0.1) is 0 Å². The number of benzene rings is 2. The van der Waals surface area contributed by atoms with Crippen LogP contribution in [0, 0.1) is 0 Å².